The summed E-state index contributed by atoms with van der Waals surface area (Å²) in [7, 11) is 0. The van der Waals surface area contributed by atoms with E-state index in [0.29, 0.717) is 13.1 Å². The smallest absolute Gasteiger partial charge is 0.410 e. The van der Waals surface area contributed by atoms with Gasteiger partial charge in [-0.2, -0.15) is 5.10 Å². The normalized spacial score (nSPS) is 19.6. The van der Waals surface area contributed by atoms with Crippen molar-refractivity contribution in [1.82, 2.24) is 14.7 Å². The Bertz CT molecular complexity index is 547. The van der Waals surface area contributed by atoms with Crippen molar-refractivity contribution in [1.29, 1.82) is 0 Å². The number of carboxylic acid groups (broad SMARTS) is 1. The van der Waals surface area contributed by atoms with Crippen molar-refractivity contribution in [2.45, 2.75) is 51.7 Å². The molecule has 1 saturated heterocycles. The Morgan fingerprint density at radius 3 is 2.64 bits per heavy atom. The molecule has 0 bridgehead atoms. The molecule has 1 N–H and O–H groups in total. The maximum absolute atomic E-state index is 12.1. The van der Waals surface area contributed by atoms with Crippen molar-refractivity contribution in [2.24, 2.45) is 0 Å². The molecule has 1 fully saturated rings. The van der Waals surface area contributed by atoms with E-state index in [4.69, 9.17) is 9.84 Å². The number of carbonyl (C=O) groups excluding carboxylic acids is 1. The third kappa shape index (κ3) is 4.22. The van der Waals surface area contributed by atoms with Gasteiger partial charge in [-0.3, -0.25) is 4.68 Å². The van der Waals surface area contributed by atoms with Crippen LogP contribution in [0.1, 0.15) is 56.4 Å². The standard InChI is InChI=1S/C15H23N3O4/c1-15(2,3)22-14(21)17-7-4-5-12(6-8-17)18-10-11(9-16-18)13(19)20/h9-10,12H,4-8H2,1-3H3,(H,19,20). The van der Waals surface area contributed by atoms with Crippen LogP contribution in [0.5, 0.6) is 0 Å². The number of aromatic nitrogens is 2. The zero-order valence-corrected chi connectivity index (χ0v) is 13.3. The maximum Gasteiger partial charge on any atom is 0.410 e. The van der Waals surface area contributed by atoms with Crippen LogP contribution in [0, 0.1) is 0 Å². The van der Waals surface area contributed by atoms with Crippen molar-refractivity contribution >= 4 is 12.1 Å². The molecule has 7 heteroatoms. The Morgan fingerprint density at radius 1 is 1.32 bits per heavy atom. The molecule has 2 rings (SSSR count). The van der Waals surface area contributed by atoms with Gasteiger partial charge in [0.25, 0.3) is 0 Å². The van der Waals surface area contributed by atoms with Gasteiger partial charge in [0.15, 0.2) is 0 Å². The number of nitrogens with zero attached hydrogens (tertiary/aromatic N) is 3. The minimum Gasteiger partial charge on any atom is -0.478 e. The van der Waals surface area contributed by atoms with E-state index in [1.54, 1.807) is 15.8 Å². The van der Waals surface area contributed by atoms with E-state index in [0.717, 1.165) is 19.3 Å². The number of hydrogen-bond acceptors (Lipinski definition) is 4. The molecule has 0 spiro atoms. The van der Waals surface area contributed by atoms with Gasteiger partial charge in [-0.1, -0.05) is 0 Å². The molecular weight excluding hydrogens is 286 g/mol. The lowest BCUT2D eigenvalue weighted by Crippen LogP contribution is -2.37. The predicted octanol–water partition coefficient (Wildman–Crippen LogP) is 2.54. The summed E-state index contributed by atoms with van der Waals surface area (Å²) in [6.45, 7) is 6.79. The van der Waals surface area contributed by atoms with Gasteiger partial charge in [-0.05, 0) is 40.0 Å². The van der Waals surface area contributed by atoms with Gasteiger partial charge in [0, 0.05) is 19.3 Å². The van der Waals surface area contributed by atoms with E-state index < -0.39 is 11.6 Å². The van der Waals surface area contributed by atoms with Crippen molar-refractivity contribution < 1.29 is 19.4 Å². The number of carboxylic acids is 1. The van der Waals surface area contributed by atoms with Crippen LogP contribution >= 0.6 is 0 Å². The second kappa shape index (κ2) is 6.37. The van der Waals surface area contributed by atoms with Crippen LogP contribution in [-0.4, -0.2) is 50.5 Å². The Hall–Kier alpha value is -2.05. The Balaban J connectivity index is 1.97. The lowest BCUT2D eigenvalue weighted by molar-refractivity contribution is 0.0255. The Morgan fingerprint density at radius 2 is 2.05 bits per heavy atom. The first-order valence-electron chi connectivity index (χ1n) is 7.51. The summed E-state index contributed by atoms with van der Waals surface area (Å²) in [6, 6.07) is 0.112. The highest BCUT2D eigenvalue weighted by atomic mass is 16.6. The molecule has 1 aromatic rings. The molecule has 22 heavy (non-hydrogen) atoms. The molecule has 1 aromatic heterocycles. The second-order valence-corrected chi connectivity index (χ2v) is 6.57. The topological polar surface area (TPSA) is 84.7 Å². The van der Waals surface area contributed by atoms with E-state index >= 15 is 0 Å². The summed E-state index contributed by atoms with van der Waals surface area (Å²) in [5, 5.41) is 13.1. The van der Waals surface area contributed by atoms with Crippen LogP contribution < -0.4 is 0 Å². The van der Waals surface area contributed by atoms with Crippen molar-refractivity contribution in [3.63, 3.8) is 0 Å². The first-order valence-corrected chi connectivity index (χ1v) is 7.51. The number of rotatable bonds is 2. The minimum atomic E-state index is -0.977. The lowest BCUT2D eigenvalue weighted by atomic mass is 10.1. The molecular formula is C15H23N3O4. The summed E-state index contributed by atoms with van der Waals surface area (Å²) < 4.78 is 7.09. The highest BCUT2D eigenvalue weighted by Crippen LogP contribution is 2.23. The summed E-state index contributed by atoms with van der Waals surface area (Å²) in [5.74, 6) is -0.977. The van der Waals surface area contributed by atoms with E-state index in [1.807, 2.05) is 20.8 Å². The SMILES string of the molecule is CC(C)(C)OC(=O)N1CCCC(n2cc(C(=O)O)cn2)CC1. The van der Waals surface area contributed by atoms with E-state index in [1.165, 1.54) is 6.20 Å². The Labute approximate surface area is 129 Å². The summed E-state index contributed by atoms with van der Waals surface area (Å²) in [6.07, 6.45) is 5.06. The van der Waals surface area contributed by atoms with Gasteiger partial charge >= 0.3 is 12.1 Å². The van der Waals surface area contributed by atoms with Gasteiger partial charge in [-0.25, -0.2) is 9.59 Å². The summed E-state index contributed by atoms with van der Waals surface area (Å²) in [5.41, 5.74) is -0.311. The largest absolute Gasteiger partial charge is 0.478 e. The molecule has 2 heterocycles. The van der Waals surface area contributed by atoms with Gasteiger partial charge in [0.05, 0.1) is 17.8 Å². The highest BCUT2D eigenvalue weighted by Gasteiger charge is 2.26. The van der Waals surface area contributed by atoms with E-state index in [2.05, 4.69) is 5.10 Å². The third-order valence-electron chi connectivity index (χ3n) is 3.57. The van der Waals surface area contributed by atoms with Crippen molar-refractivity contribution in [3.05, 3.63) is 18.0 Å². The minimum absolute atomic E-state index is 0.112. The first-order chi connectivity index (χ1) is 10.3. The molecule has 1 aliphatic rings. The first kappa shape index (κ1) is 16.3. The fraction of sp³-hybridized carbons (Fsp3) is 0.667. The third-order valence-corrected chi connectivity index (χ3v) is 3.57. The lowest BCUT2D eigenvalue weighted by Gasteiger charge is -2.26. The number of likely N-dealkylation sites (tertiary alicyclic amines) is 1. The van der Waals surface area contributed by atoms with Crippen LogP contribution in [0.25, 0.3) is 0 Å². The Kier molecular flexibility index (Phi) is 4.73. The maximum atomic E-state index is 12.1. The second-order valence-electron chi connectivity index (χ2n) is 6.57. The van der Waals surface area contributed by atoms with Gasteiger partial charge in [0.1, 0.15) is 5.60 Å². The number of aromatic carboxylic acids is 1. The highest BCUT2D eigenvalue weighted by molar-refractivity contribution is 5.86. The monoisotopic (exact) mass is 309 g/mol. The van der Waals surface area contributed by atoms with Crippen LogP contribution in [0.3, 0.4) is 0 Å². The average molecular weight is 309 g/mol. The number of carbonyl (C=O) groups is 2. The average Bonchev–Trinajstić information content (AvgIpc) is 2.75. The van der Waals surface area contributed by atoms with Crippen LogP contribution in [0.4, 0.5) is 4.79 Å². The molecule has 7 nitrogen and oxygen atoms in total. The fourth-order valence-electron chi connectivity index (χ4n) is 2.50. The van der Waals surface area contributed by atoms with Crippen LogP contribution in [0.15, 0.2) is 12.4 Å². The molecule has 0 aliphatic carbocycles. The molecule has 0 saturated carbocycles. The summed E-state index contributed by atoms with van der Waals surface area (Å²) in [4.78, 5) is 24.7. The van der Waals surface area contributed by atoms with Gasteiger partial charge in [0.2, 0.25) is 0 Å². The zero-order chi connectivity index (χ0) is 16.3. The van der Waals surface area contributed by atoms with Crippen LogP contribution in [-0.2, 0) is 4.74 Å². The molecule has 122 valence electrons. The number of ether oxygens (including phenoxy) is 1. The van der Waals surface area contributed by atoms with Gasteiger partial charge in [-0.15, -0.1) is 0 Å². The number of hydrogen-bond donors (Lipinski definition) is 1. The number of amides is 1. The van der Waals surface area contributed by atoms with E-state index in [9.17, 15) is 9.59 Å². The fourth-order valence-corrected chi connectivity index (χ4v) is 2.50. The quantitative estimate of drug-likeness (QED) is 0.907. The molecule has 0 radical (unpaired) electrons. The van der Waals surface area contributed by atoms with Crippen molar-refractivity contribution in [3.8, 4) is 0 Å². The summed E-state index contributed by atoms with van der Waals surface area (Å²) >= 11 is 0. The zero-order valence-electron chi connectivity index (χ0n) is 13.3. The molecule has 1 amide bonds. The van der Waals surface area contributed by atoms with Crippen molar-refractivity contribution in [2.75, 3.05) is 13.1 Å². The molecule has 1 unspecified atom stereocenters. The van der Waals surface area contributed by atoms with Crippen LogP contribution in [0.2, 0.25) is 0 Å². The van der Waals surface area contributed by atoms with Gasteiger partial charge < -0.3 is 14.7 Å². The van der Waals surface area contributed by atoms with E-state index in [-0.39, 0.29) is 17.7 Å². The molecule has 1 atom stereocenters. The molecule has 0 aromatic carbocycles. The molecule has 1 aliphatic heterocycles. The predicted molar refractivity (Wildman–Crippen MR) is 79.9 cm³/mol.